The molecule has 0 amide bonds. The minimum atomic E-state index is -1.11. The summed E-state index contributed by atoms with van der Waals surface area (Å²) < 4.78 is 10.4. The first kappa shape index (κ1) is 24.5. The van der Waals surface area contributed by atoms with Crippen LogP contribution in [0.5, 0.6) is 0 Å². The van der Waals surface area contributed by atoms with Crippen molar-refractivity contribution in [2.45, 2.75) is 32.4 Å². The van der Waals surface area contributed by atoms with E-state index in [1.165, 1.54) is 0 Å². The number of benzene rings is 1. The number of fused-ring (bicyclic) bond motifs is 3. The molecule has 0 saturated carbocycles. The summed E-state index contributed by atoms with van der Waals surface area (Å²) in [6.07, 6.45) is 7.61. The van der Waals surface area contributed by atoms with Crippen LogP contribution in [0.2, 0.25) is 35.7 Å². The van der Waals surface area contributed by atoms with E-state index in [0.29, 0.717) is 28.0 Å². The topological polar surface area (TPSA) is 57.2 Å². The van der Waals surface area contributed by atoms with Crippen LogP contribution in [0.4, 0.5) is 0 Å². The molecule has 0 unspecified atom stereocenters. The number of nitrogens with zero attached hydrogens (tertiary/aromatic N) is 5. The van der Waals surface area contributed by atoms with Crippen molar-refractivity contribution in [3.63, 3.8) is 0 Å². The highest BCUT2D eigenvalue weighted by atomic mass is 79.9. The van der Waals surface area contributed by atoms with Crippen molar-refractivity contribution in [1.29, 1.82) is 0 Å². The Labute approximate surface area is 223 Å². The summed E-state index contributed by atoms with van der Waals surface area (Å²) in [5.41, 5.74) is 4.90. The zero-order chi connectivity index (χ0) is 24.7. The largest absolute Gasteiger partial charge is 0.360 e. The third-order valence-corrected chi connectivity index (χ3v) is 8.87. The SMILES string of the molecule is C[Si](C)(C)CCOCn1cc(-c2cnc3ccn4c(Br)c(-c5c(Cl)cccc5Cl)nc4c3c2)cn1. The normalized spacial score (nSPS) is 12.2. The lowest BCUT2D eigenvalue weighted by Gasteiger charge is -2.15. The minimum absolute atomic E-state index is 0.435. The van der Waals surface area contributed by atoms with Crippen LogP contribution in [0, 0.1) is 0 Å². The first-order valence-electron chi connectivity index (χ1n) is 11.2. The van der Waals surface area contributed by atoms with E-state index in [4.69, 9.17) is 32.9 Å². The highest BCUT2D eigenvalue weighted by molar-refractivity contribution is 9.10. The zero-order valence-electron chi connectivity index (χ0n) is 19.6. The molecule has 10 heteroatoms. The summed E-state index contributed by atoms with van der Waals surface area (Å²) in [6, 6.07) is 10.6. The van der Waals surface area contributed by atoms with Gasteiger partial charge in [0.2, 0.25) is 0 Å². The van der Waals surface area contributed by atoms with Crippen LogP contribution in [0.25, 0.3) is 38.9 Å². The number of aromatic nitrogens is 5. The molecule has 35 heavy (non-hydrogen) atoms. The lowest BCUT2D eigenvalue weighted by molar-refractivity contribution is 0.0786. The maximum atomic E-state index is 6.47. The number of hydrogen-bond acceptors (Lipinski definition) is 4. The van der Waals surface area contributed by atoms with Crippen LogP contribution in [0.1, 0.15) is 0 Å². The van der Waals surface area contributed by atoms with Gasteiger partial charge in [-0.05, 0) is 46.2 Å². The van der Waals surface area contributed by atoms with Gasteiger partial charge in [-0.3, -0.25) is 9.38 Å². The second-order valence-electron chi connectivity index (χ2n) is 9.63. The van der Waals surface area contributed by atoms with Crippen molar-refractivity contribution in [1.82, 2.24) is 24.1 Å². The number of imidazole rings is 1. The van der Waals surface area contributed by atoms with Crippen LogP contribution in [-0.4, -0.2) is 38.8 Å². The third-order valence-electron chi connectivity index (χ3n) is 5.78. The monoisotopic (exact) mass is 587 g/mol. The molecule has 1 aromatic carbocycles. The second-order valence-corrected chi connectivity index (χ2v) is 16.8. The van der Waals surface area contributed by atoms with Crippen molar-refractivity contribution in [2.75, 3.05) is 6.61 Å². The molecule has 0 N–H and O–H groups in total. The molecule has 0 aliphatic rings. The molecule has 0 fully saturated rings. The van der Waals surface area contributed by atoms with Crippen molar-refractivity contribution in [3.8, 4) is 22.4 Å². The minimum Gasteiger partial charge on any atom is -0.360 e. The van der Waals surface area contributed by atoms with Gasteiger partial charge in [0.05, 0.1) is 21.8 Å². The Bertz CT molecular complexity index is 1520. The molecule has 6 nitrogen and oxygen atoms in total. The van der Waals surface area contributed by atoms with Crippen molar-refractivity contribution in [2.24, 2.45) is 0 Å². The molecule has 4 heterocycles. The number of ether oxygens (including phenoxy) is 1. The molecular formula is C25H24BrCl2N5OSi. The molecule has 0 radical (unpaired) electrons. The van der Waals surface area contributed by atoms with Gasteiger partial charge in [-0.2, -0.15) is 5.10 Å². The summed E-state index contributed by atoms with van der Waals surface area (Å²) in [5.74, 6) is 0. The van der Waals surface area contributed by atoms with Gasteiger partial charge in [-0.25, -0.2) is 9.67 Å². The van der Waals surface area contributed by atoms with Crippen molar-refractivity contribution >= 4 is 63.8 Å². The van der Waals surface area contributed by atoms with Gasteiger partial charge in [0, 0.05) is 55.3 Å². The Hall–Kier alpha value is -2.23. The molecule has 180 valence electrons. The molecule has 0 atom stereocenters. The Balaban J connectivity index is 1.49. The summed E-state index contributed by atoms with van der Waals surface area (Å²) in [6.45, 7) is 8.22. The first-order valence-corrected chi connectivity index (χ1v) is 16.5. The Morgan fingerprint density at radius 2 is 1.83 bits per heavy atom. The molecule has 4 aromatic heterocycles. The van der Waals surface area contributed by atoms with Crippen LogP contribution in [-0.2, 0) is 11.5 Å². The summed E-state index contributed by atoms with van der Waals surface area (Å²) in [5, 5.41) is 6.47. The quantitative estimate of drug-likeness (QED) is 0.144. The highest BCUT2D eigenvalue weighted by Crippen LogP contribution is 2.39. The van der Waals surface area contributed by atoms with E-state index >= 15 is 0 Å². The molecule has 0 bridgehead atoms. The van der Waals surface area contributed by atoms with Gasteiger partial charge in [0.25, 0.3) is 0 Å². The summed E-state index contributed by atoms with van der Waals surface area (Å²) >= 11 is 16.6. The van der Waals surface area contributed by atoms with Gasteiger partial charge < -0.3 is 4.74 Å². The van der Waals surface area contributed by atoms with E-state index in [1.807, 2.05) is 58.1 Å². The molecule has 0 aliphatic heterocycles. The lowest BCUT2D eigenvalue weighted by Crippen LogP contribution is -2.22. The van der Waals surface area contributed by atoms with E-state index in [9.17, 15) is 0 Å². The first-order chi connectivity index (χ1) is 16.7. The molecule has 0 aliphatic carbocycles. The predicted octanol–water partition coefficient (Wildman–Crippen LogP) is 7.79. The van der Waals surface area contributed by atoms with E-state index in [2.05, 4.69) is 51.7 Å². The molecule has 0 saturated heterocycles. The predicted molar refractivity (Wildman–Crippen MR) is 149 cm³/mol. The van der Waals surface area contributed by atoms with E-state index in [0.717, 1.165) is 44.9 Å². The van der Waals surface area contributed by atoms with Crippen LogP contribution >= 0.6 is 39.1 Å². The molecule has 5 aromatic rings. The maximum Gasteiger partial charge on any atom is 0.147 e. The van der Waals surface area contributed by atoms with Gasteiger partial charge in [-0.15, -0.1) is 0 Å². The maximum absolute atomic E-state index is 6.47. The molecular weight excluding hydrogens is 565 g/mol. The third kappa shape index (κ3) is 5.04. The molecule has 5 rings (SSSR count). The van der Waals surface area contributed by atoms with E-state index < -0.39 is 8.07 Å². The van der Waals surface area contributed by atoms with Crippen molar-refractivity contribution < 1.29 is 4.74 Å². The van der Waals surface area contributed by atoms with Gasteiger partial charge in [0.1, 0.15) is 22.7 Å². The zero-order valence-corrected chi connectivity index (χ0v) is 23.7. The summed E-state index contributed by atoms with van der Waals surface area (Å²) in [7, 11) is -1.11. The summed E-state index contributed by atoms with van der Waals surface area (Å²) in [4.78, 5) is 9.59. The van der Waals surface area contributed by atoms with Gasteiger partial charge >= 0.3 is 0 Å². The smallest absolute Gasteiger partial charge is 0.147 e. The van der Waals surface area contributed by atoms with Gasteiger partial charge in [0.15, 0.2) is 0 Å². The number of hydrogen-bond donors (Lipinski definition) is 0. The Morgan fingerprint density at radius 3 is 2.57 bits per heavy atom. The average molecular weight is 589 g/mol. The number of pyridine rings is 2. The van der Waals surface area contributed by atoms with Crippen molar-refractivity contribution in [3.05, 3.63) is 69.8 Å². The Kier molecular flexibility index (Phi) is 6.76. The van der Waals surface area contributed by atoms with E-state index in [-0.39, 0.29) is 0 Å². The standard InChI is InChI=1S/C25H24BrCl2N5OSi/c1-35(2,3)10-9-34-15-32-14-17(13-30-32)16-11-18-21(29-12-16)7-8-33-24(26)23(31-25(18)33)22-19(27)5-4-6-20(22)28/h4-8,11-14H,9-10,15H2,1-3H3. The van der Waals surface area contributed by atoms with E-state index in [1.54, 1.807) is 0 Å². The van der Waals surface area contributed by atoms with Crippen LogP contribution in [0.3, 0.4) is 0 Å². The fourth-order valence-electron chi connectivity index (χ4n) is 3.83. The second kappa shape index (κ2) is 9.67. The fourth-order valence-corrected chi connectivity index (χ4v) is 5.74. The van der Waals surface area contributed by atoms with Crippen LogP contribution < -0.4 is 0 Å². The Morgan fingerprint density at radius 1 is 1.06 bits per heavy atom. The van der Waals surface area contributed by atoms with Gasteiger partial charge in [-0.1, -0.05) is 48.9 Å². The number of halogens is 3. The highest BCUT2D eigenvalue weighted by Gasteiger charge is 2.19. The average Bonchev–Trinajstić information content (AvgIpc) is 3.41. The fraction of sp³-hybridized carbons (Fsp3) is 0.240. The molecule has 0 spiro atoms. The van der Waals surface area contributed by atoms with Crippen LogP contribution in [0.15, 0.2) is 59.7 Å². The lowest BCUT2D eigenvalue weighted by atomic mass is 10.1. The number of rotatable bonds is 7.